The zero-order chi connectivity index (χ0) is 14.0. The second-order valence-corrected chi connectivity index (χ2v) is 9.23. The van der Waals surface area contributed by atoms with E-state index in [1.54, 1.807) is 0 Å². The molecule has 0 amide bonds. The van der Waals surface area contributed by atoms with Crippen LogP contribution in [0.1, 0.15) is 27.7 Å². The van der Waals surface area contributed by atoms with Crippen molar-refractivity contribution in [2.45, 2.75) is 51.9 Å². The molecule has 0 spiro atoms. The standard InChI is InChI=1S/C15H28O2Si/c1-6-10-11-12-15(14(5)13-16)17-18(7-2,8-3)9-4/h6,10-12,15-16H,5,7-9,13H2,1-4H3/b10-6+,12-11+/t15-/m1/s1. The zero-order valence-electron chi connectivity index (χ0n) is 12.3. The molecule has 0 aromatic carbocycles. The summed E-state index contributed by atoms with van der Waals surface area (Å²) in [5, 5.41) is 9.26. The van der Waals surface area contributed by atoms with Gasteiger partial charge >= 0.3 is 0 Å². The summed E-state index contributed by atoms with van der Waals surface area (Å²) in [4.78, 5) is 0. The molecule has 0 saturated heterocycles. The second-order valence-electron chi connectivity index (χ2n) is 4.51. The molecule has 18 heavy (non-hydrogen) atoms. The smallest absolute Gasteiger partial charge is 0.193 e. The Bertz CT molecular complexity index is 283. The Kier molecular flexibility index (Phi) is 8.98. The quantitative estimate of drug-likeness (QED) is 0.388. The summed E-state index contributed by atoms with van der Waals surface area (Å²) in [5.41, 5.74) is 0.739. The minimum Gasteiger partial charge on any atom is -0.407 e. The van der Waals surface area contributed by atoms with Gasteiger partial charge in [0.15, 0.2) is 8.32 Å². The lowest BCUT2D eigenvalue weighted by atomic mass is 10.1. The lowest BCUT2D eigenvalue weighted by molar-refractivity contribution is 0.234. The van der Waals surface area contributed by atoms with Crippen LogP contribution in [0.4, 0.5) is 0 Å². The molecule has 104 valence electrons. The third-order valence-electron chi connectivity index (χ3n) is 3.50. The molecule has 0 fully saturated rings. The maximum Gasteiger partial charge on any atom is 0.193 e. The van der Waals surface area contributed by atoms with Crippen molar-refractivity contribution in [3.05, 3.63) is 36.5 Å². The minimum atomic E-state index is -1.67. The van der Waals surface area contributed by atoms with Crippen LogP contribution >= 0.6 is 0 Å². The van der Waals surface area contributed by atoms with Crippen LogP contribution in [0, 0.1) is 0 Å². The van der Waals surface area contributed by atoms with Crippen LogP contribution in [-0.4, -0.2) is 26.1 Å². The van der Waals surface area contributed by atoms with E-state index in [0.717, 1.165) is 23.7 Å². The normalized spacial score (nSPS) is 14.5. The molecule has 0 aromatic heterocycles. The predicted octanol–water partition coefficient (Wildman–Crippen LogP) is 4.06. The summed E-state index contributed by atoms with van der Waals surface area (Å²) in [6.07, 6.45) is 7.73. The molecule has 0 unspecified atom stereocenters. The van der Waals surface area contributed by atoms with Crippen LogP contribution in [0.2, 0.25) is 18.1 Å². The summed E-state index contributed by atoms with van der Waals surface area (Å²) in [6.45, 7) is 12.5. The molecule has 0 aliphatic heterocycles. The van der Waals surface area contributed by atoms with Crippen LogP contribution in [0.5, 0.6) is 0 Å². The second kappa shape index (κ2) is 9.31. The Morgan fingerprint density at radius 1 is 1.22 bits per heavy atom. The van der Waals surface area contributed by atoms with Crippen molar-refractivity contribution >= 4 is 8.32 Å². The molecule has 0 heterocycles. The SMILES string of the molecule is C=C(CO)[C@@H](/C=C/C=C/C)O[Si](CC)(CC)CC. The summed E-state index contributed by atoms with van der Waals surface area (Å²) in [5.74, 6) is 0. The first-order chi connectivity index (χ1) is 8.59. The Balaban J connectivity index is 4.91. The predicted molar refractivity (Wildman–Crippen MR) is 82.2 cm³/mol. The van der Waals surface area contributed by atoms with Crippen molar-refractivity contribution in [1.82, 2.24) is 0 Å². The highest BCUT2D eigenvalue weighted by Crippen LogP contribution is 2.25. The fourth-order valence-electron chi connectivity index (χ4n) is 1.89. The van der Waals surface area contributed by atoms with Crippen molar-refractivity contribution in [2.24, 2.45) is 0 Å². The van der Waals surface area contributed by atoms with Crippen molar-refractivity contribution < 1.29 is 9.53 Å². The van der Waals surface area contributed by atoms with Crippen LogP contribution in [0.25, 0.3) is 0 Å². The first-order valence-corrected chi connectivity index (χ1v) is 9.37. The van der Waals surface area contributed by atoms with Gasteiger partial charge in [-0.25, -0.2) is 0 Å². The Labute approximate surface area is 113 Å². The summed E-state index contributed by atoms with van der Waals surface area (Å²) >= 11 is 0. The van der Waals surface area contributed by atoms with E-state index in [1.807, 2.05) is 31.2 Å². The van der Waals surface area contributed by atoms with E-state index in [2.05, 4.69) is 27.4 Å². The molecule has 1 N–H and O–H groups in total. The Hall–Kier alpha value is -0.643. The number of aliphatic hydroxyl groups excluding tert-OH is 1. The lowest BCUT2D eigenvalue weighted by Crippen LogP contribution is -2.40. The molecule has 0 bridgehead atoms. The molecule has 0 radical (unpaired) electrons. The zero-order valence-corrected chi connectivity index (χ0v) is 13.3. The van der Waals surface area contributed by atoms with E-state index in [9.17, 15) is 5.11 Å². The van der Waals surface area contributed by atoms with E-state index in [0.29, 0.717) is 0 Å². The highest BCUT2D eigenvalue weighted by molar-refractivity contribution is 6.73. The van der Waals surface area contributed by atoms with Crippen molar-refractivity contribution in [2.75, 3.05) is 6.61 Å². The van der Waals surface area contributed by atoms with Gasteiger partial charge in [-0.2, -0.15) is 0 Å². The summed E-state index contributed by atoms with van der Waals surface area (Å²) < 4.78 is 6.34. The summed E-state index contributed by atoms with van der Waals surface area (Å²) in [6, 6.07) is 3.31. The van der Waals surface area contributed by atoms with E-state index in [1.165, 1.54) is 0 Å². The van der Waals surface area contributed by atoms with Gasteiger partial charge in [-0.1, -0.05) is 51.7 Å². The van der Waals surface area contributed by atoms with Crippen LogP contribution in [0.15, 0.2) is 36.5 Å². The van der Waals surface area contributed by atoms with E-state index < -0.39 is 8.32 Å². The van der Waals surface area contributed by atoms with Gasteiger partial charge in [-0.15, -0.1) is 0 Å². The molecule has 0 rings (SSSR count). The molecule has 0 saturated carbocycles. The largest absolute Gasteiger partial charge is 0.407 e. The van der Waals surface area contributed by atoms with Gasteiger partial charge in [-0.05, 0) is 30.6 Å². The van der Waals surface area contributed by atoms with Crippen LogP contribution in [0.3, 0.4) is 0 Å². The van der Waals surface area contributed by atoms with Gasteiger partial charge in [0.1, 0.15) is 0 Å². The molecule has 0 aliphatic rings. The molecular formula is C15H28O2Si. The minimum absolute atomic E-state index is 0.0214. The maximum atomic E-state index is 9.26. The molecule has 2 nitrogen and oxygen atoms in total. The first-order valence-electron chi connectivity index (χ1n) is 6.84. The monoisotopic (exact) mass is 268 g/mol. The molecule has 0 aliphatic carbocycles. The number of rotatable bonds is 9. The van der Waals surface area contributed by atoms with Crippen LogP contribution < -0.4 is 0 Å². The number of hydrogen-bond acceptors (Lipinski definition) is 2. The Morgan fingerprint density at radius 2 is 1.78 bits per heavy atom. The lowest BCUT2D eigenvalue weighted by Gasteiger charge is -2.32. The third kappa shape index (κ3) is 5.34. The fourth-order valence-corrected chi connectivity index (χ4v) is 4.68. The van der Waals surface area contributed by atoms with E-state index in [4.69, 9.17) is 4.43 Å². The number of allylic oxidation sites excluding steroid dienone is 3. The van der Waals surface area contributed by atoms with Gasteiger partial charge in [0, 0.05) is 0 Å². The molecule has 3 heteroatoms. The Morgan fingerprint density at radius 3 is 2.17 bits per heavy atom. The highest BCUT2D eigenvalue weighted by atomic mass is 28.4. The highest BCUT2D eigenvalue weighted by Gasteiger charge is 2.31. The number of hydrogen-bond donors (Lipinski definition) is 1. The van der Waals surface area contributed by atoms with E-state index >= 15 is 0 Å². The third-order valence-corrected chi connectivity index (χ3v) is 8.12. The van der Waals surface area contributed by atoms with Gasteiger partial charge in [0.25, 0.3) is 0 Å². The van der Waals surface area contributed by atoms with Gasteiger partial charge in [-0.3, -0.25) is 0 Å². The van der Waals surface area contributed by atoms with Gasteiger partial charge < -0.3 is 9.53 Å². The van der Waals surface area contributed by atoms with Crippen molar-refractivity contribution in [3.63, 3.8) is 0 Å². The topological polar surface area (TPSA) is 29.5 Å². The molecule has 0 aromatic rings. The first kappa shape index (κ1) is 17.4. The summed E-state index contributed by atoms with van der Waals surface area (Å²) in [7, 11) is -1.67. The van der Waals surface area contributed by atoms with Crippen LogP contribution in [-0.2, 0) is 4.43 Å². The van der Waals surface area contributed by atoms with E-state index in [-0.39, 0.29) is 12.7 Å². The average molecular weight is 268 g/mol. The average Bonchev–Trinajstić information content (AvgIpc) is 2.42. The van der Waals surface area contributed by atoms with Crippen molar-refractivity contribution in [3.8, 4) is 0 Å². The fraction of sp³-hybridized carbons (Fsp3) is 0.600. The van der Waals surface area contributed by atoms with Gasteiger partial charge in [0.05, 0.1) is 12.7 Å². The van der Waals surface area contributed by atoms with Gasteiger partial charge in [0.2, 0.25) is 0 Å². The molecule has 1 atom stereocenters. The van der Waals surface area contributed by atoms with Crippen molar-refractivity contribution in [1.29, 1.82) is 0 Å². The maximum absolute atomic E-state index is 9.26. The molecular weight excluding hydrogens is 240 g/mol. The number of aliphatic hydroxyl groups is 1.